The minimum atomic E-state index is -0.0970. The van der Waals surface area contributed by atoms with Crippen LogP contribution < -0.4 is 10.6 Å². The van der Waals surface area contributed by atoms with Gasteiger partial charge in [-0.05, 0) is 51.4 Å². The highest BCUT2D eigenvalue weighted by atomic mass is 127. The molecule has 0 aromatic heterocycles. The summed E-state index contributed by atoms with van der Waals surface area (Å²) >= 11 is 0. The maximum absolute atomic E-state index is 9.62. The summed E-state index contributed by atoms with van der Waals surface area (Å²) in [5.41, 5.74) is 1.32. The van der Waals surface area contributed by atoms with Crippen molar-refractivity contribution in [3.63, 3.8) is 0 Å². The molecule has 0 saturated carbocycles. The molecule has 1 heterocycles. The van der Waals surface area contributed by atoms with Crippen molar-refractivity contribution in [2.24, 2.45) is 4.99 Å². The number of benzene rings is 1. The summed E-state index contributed by atoms with van der Waals surface area (Å²) in [5.74, 6) is 0.898. The van der Waals surface area contributed by atoms with Crippen LogP contribution in [0, 0.1) is 0 Å². The van der Waals surface area contributed by atoms with Gasteiger partial charge in [-0.2, -0.15) is 0 Å². The Labute approximate surface area is 200 Å². The quantitative estimate of drug-likeness (QED) is 0.177. The summed E-state index contributed by atoms with van der Waals surface area (Å²) in [4.78, 5) is 9.82. The molecule has 0 bridgehead atoms. The lowest BCUT2D eigenvalue weighted by Crippen LogP contribution is -2.41. The molecule has 1 aromatic carbocycles. The van der Waals surface area contributed by atoms with Crippen LogP contribution >= 0.6 is 24.0 Å². The first kappa shape index (κ1) is 27.1. The van der Waals surface area contributed by atoms with Gasteiger partial charge >= 0.3 is 0 Å². The second kappa shape index (κ2) is 15.8. The van der Waals surface area contributed by atoms with Gasteiger partial charge in [0.15, 0.2) is 5.96 Å². The molecular weight excluding hydrogens is 489 g/mol. The van der Waals surface area contributed by atoms with Crippen molar-refractivity contribution in [3.8, 4) is 0 Å². The molecule has 1 atom stereocenters. The highest BCUT2D eigenvalue weighted by Crippen LogP contribution is 2.20. The third-order valence-electron chi connectivity index (χ3n) is 5.70. The van der Waals surface area contributed by atoms with E-state index in [0.29, 0.717) is 6.04 Å². The van der Waals surface area contributed by atoms with Gasteiger partial charge in [0.1, 0.15) is 0 Å². The van der Waals surface area contributed by atoms with Gasteiger partial charge in [-0.25, -0.2) is 0 Å². The Morgan fingerprint density at radius 2 is 1.80 bits per heavy atom. The van der Waals surface area contributed by atoms with E-state index in [0.717, 1.165) is 77.6 Å². The number of piperidine rings is 1. The zero-order valence-corrected chi connectivity index (χ0v) is 21.3. The Hall–Kier alpha value is -0.900. The first-order valence-electron chi connectivity index (χ1n) is 11.4. The van der Waals surface area contributed by atoms with Gasteiger partial charge in [0.2, 0.25) is 0 Å². The van der Waals surface area contributed by atoms with Crippen molar-refractivity contribution in [2.75, 3.05) is 52.4 Å². The molecule has 2 rings (SSSR count). The average Bonchev–Trinajstić information content (AvgIpc) is 2.75. The number of hydrogen-bond donors (Lipinski definition) is 3. The zero-order chi connectivity index (χ0) is 20.9. The average molecular weight is 532 g/mol. The lowest BCUT2D eigenvalue weighted by atomic mass is 10.1. The Bertz CT molecular complexity index is 574. The highest BCUT2D eigenvalue weighted by Gasteiger charge is 2.18. The molecular formula is C23H42IN5O. The standard InChI is InChI=1S/C23H41N5O.HI/c1-4-24-23(25-15-10-16-27-17-13-21(29)14-18-27)26-19-22(28(5-2)6-3)20-11-8-7-9-12-20;/h7-9,11-12,21-22,29H,4-6,10,13-19H2,1-3H3,(H2,24,25,26);1H. The van der Waals surface area contributed by atoms with E-state index in [1.807, 2.05) is 0 Å². The van der Waals surface area contributed by atoms with Crippen LogP contribution in [0.15, 0.2) is 35.3 Å². The minimum absolute atomic E-state index is 0. The number of aliphatic imine (C=N–C) groups is 1. The monoisotopic (exact) mass is 531 g/mol. The maximum atomic E-state index is 9.62. The van der Waals surface area contributed by atoms with Crippen LogP contribution in [0.1, 0.15) is 51.6 Å². The normalized spacial score (nSPS) is 16.9. The number of aliphatic hydroxyl groups is 1. The van der Waals surface area contributed by atoms with E-state index in [1.54, 1.807) is 0 Å². The summed E-state index contributed by atoms with van der Waals surface area (Å²) in [6.07, 6.45) is 2.80. The van der Waals surface area contributed by atoms with Crippen LogP contribution in [0.3, 0.4) is 0 Å². The second-order valence-corrected chi connectivity index (χ2v) is 7.72. The zero-order valence-electron chi connectivity index (χ0n) is 19.0. The van der Waals surface area contributed by atoms with E-state index in [-0.39, 0.29) is 30.1 Å². The van der Waals surface area contributed by atoms with Crippen molar-refractivity contribution in [3.05, 3.63) is 35.9 Å². The molecule has 1 aliphatic heterocycles. The van der Waals surface area contributed by atoms with Crippen LogP contribution in [-0.2, 0) is 0 Å². The fourth-order valence-electron chi connectivity index (χ4n) is 3.94. The second-order valence-electron chi connectivity index (χ2n) is 7.72. The van der Waals surface area contributed by atoms with E-state index in [1.165, 1.54) is 5.56 Å². The number of aliphatic hydroxyl groups excluding tert-OH is 1. The molecule has 6 nitrogen and oxygen atoms in total. The fourth-order valence-corrected chi connectivity index (χ4v) is 3.94. The lowest BCUT2D eigenvalue weighted by Gasteiger charge is -2.29. The van der Waals surface area contributed by atoms with Crippen molar-refractivity contribution < 1.29 is 5.11 Å². The molecule has 1 unspecified atom stereocenters. The number of likely N-dealkylation sites (N-methyl/N-ethyl adjacent to an activating group) is 1. The molecule has 0 radical (unpaired) electrons. The maximum Gasteiger partial charge on any atom is 0.191 e. The topological polar surface area (TPSA) is 63.1 Å². The number of guanidine groups is 1. The van der Waals surface area contributed by atoms with Gasteiger partial charge in [-0.1, -0.05) is 44.2 Å². The number of rotatable bonds is 11. The van der Waals surface area contributed by atoms with Gasteiger partial charge in [-0.3, -0.25) is 9.89 Å². The van der Waals surface area contributed by atoms with Gasteiger partial charge < -0.3 is 20.6 Å². The van der Waals surface area contributed by atoms with Crippen molar-refractivity contribution in [2.45, 2.75) is 52.2 Å². The Balaban J connectivity index is 0.00000450. The summed E-state index contributed by atoms with van der Waals surface area (Å²) in [6.45, 7) is 14.2. The number of halogens is 1. The SMILES string of the molecule is CCNC(=NCC(c1ccccc1)N(CC)CC)NCCCN1CCC(O)CC1.I. The van der Waals surface area contributed by atoms with Gasteiger partial charge in [0.05, 0.1) is 18.7 Å². The lowest BCUT2D eigenvalue weighted by molar-refractivity contribution is 0.0823. The molecule has 1 fully saturated rings. The number of likely N-dealkylation sites (tertiary alicyclic amines) is 1. The van der Waals surface area contributed by atoms with E-state index in [2.05, 4.69) is 71.5 Å². The molecule has 1 aliphatic rings. The molecule has 0 spiro atoms. The van der Waals surface area contributed by atoms with E-state index in [4.69, 9.17) is 4.99 Å². The Morgan fingerprint density at radius 3 is 2.40 bits per heavy atom. The van der Waals surface area contributed by atoms with Gasteiger partial charge in [0, 0.05) is 26.2 Å². The highest BCUT2D eigenvalue weighted by molar-refractivity contribution is 14.0. The number of nitrogens with one attached hydrogen (secondary N) is 2. The number of hydrogen-bond acceptors (Lipinski definition) is 4. The van der Waals surface area contributed by atoms with Gasteiger partial charge in [0.25, 0.3) is 0 Å². The Morgan fingerprint density at radius 1 is 1.13 bits per heavy atom. The van der Waals surface area contributed by atoms with Crippen molar-refractivity contribution in [1.29, 1.82) is 0 Å². The minimum Gasteiger partial charge on any atom is -0.393 e. The first-order valence-corrected chi connectivity index (χ1v) is 11.4. The third-order valence-corrected chi connectivity index (χ3v) is 5.70. The largest absolute Gasteiger partial charge is 0.393 e. The molecule has 30 heavy (non-hydrogen) atoms. The molecule has 0 aliphatic carbocycles. The Kier molecular flexibility index (Phi) is 14.3. The van der Waals surface area contributed by atoms with Crippen molar-refractivity contribution >= 4 is 29.9 Å². The van der Waals surface area contributed by atoms with E-state index < -0.39 is 0 Å². The van der Waals surface area contributed by atoms with Crippen LogP contribution in [0.2, 0.25) is 0 Å². The predicted molar refractivity (Wildman–Crippen MR) is 138 cm³/mol. The molecule has 0 amide bonds. The predicted octanol–water partition coefficient (Wildman–Crippen LogP) is 3.09. The van der Waals surface area contributed by atoms with Crippen LogP contribution in [0.5, 0.6) is 0 Å². The summed E-state index contributed by atoms with van der Waals surface area (Å²) in [6, 6.07) is 11.0. The van der Waals surface area contributed by atoms with Crippen LogP contribution in [0.25, 0.3) is 0 Å². The summed E-state index contributed by atoms with van der Waals surface area (Å²) < 4.78 is 0. The van der Waals surface area contributed by atoms with E-state index in [9.17, 15) is 5.11 Å². The summed E-state index contributed by atoms with van der Waals surface area (Å²) in [7, 11) is 0. The molecule has 172 valence electrons. The van der Waals surface area contributed by atoms with Crippen LogP contribution in [0.4, 0.5) is 0 Å². The van der Waals surface area contributed by atoms with Crippen molar-refractivity contribution in [1.82, 2.24) is 20.4 Å². The molecule has 1 saturated heterocycles. The smallest absolute Gasteiger partial charge is 0.191 e. The third kappa shape index (κ3) is 9.49. The van der Waals surface area contributed by atoms with Crippen LogP contribution in [-0.4, -0.2) is 79.3 Å². The molecule has 3 N–H and O–H groups in total. The molecule has 1 aromatic rings. The number of nitrogens with zero attached hydrogens (tertiary/aromatic N) is 3. The van der Waals surface area contributed by atoms with E-state index >= 15 is 0 Å². The first-order chi connectivity index (χ1) is 14.2. The summed E-state index contributed by atoms with van der Waals surface area (Å²) in [5, 5.41) is 16.5. The molecule has 7 heteroatoms. The fraction of sp³-hybridized carbons (Fsp3) is 0.696. The van der Waals surface area contributed by atoms with Gasteiger partial charge in [-0.15, -0.1) is 24.0 Å².